The minimum atomic E-state index is -0.132. The Morgan fingerprint density at radius 2 is 2.44 bits per heavy atom. The van der Waals surface area contributed by atoms with E-state index >= 15 is 0 Å². The summed E-state index contributed by atoms with van der Waals surface area (Å²) in [6.45, 7) is 5.61. The van der Waals surface area contributed by atoms with Crippen molar-refractivity contribution in [2.24, 2.45) is 5.92 Å². The zero-order valence-corrected chi connectivity index (χ0v) is 10.8. The van der Waals surface area contributed by atoms with Crippen LogP contribution in [0.2, 0.25) is 0 Å². The van der Waals surface area contributed by atoms with Crippen molar-refractivity contribution in [3.8, 4) is 0 Å². The number of thiazole rings is 1. The monoisotopic (exact) mass is 242 g/mol. The summed E-state index contributed by atoms with van der Waals surface area (Å²) in [6, 6.07) is 0. The number of hydrogen-bond donors (Lipinski definition) is 0. The molecule has 0 bridgehead atoms. The molecule has 1 aromatic rings. The van der Waals surface area contributed by atoms with E-state index in [9.17, 15) is 4.79 Å². The van der Waals surface area contributed by atoms with E-state index in [4.69, 9.17) is 4.74 Å². The van der Waals surface area contributed by atoms with Gasteiger partial charge in [-0.2, -0.15) is 0 Å². The van der Waals surface area contributed by atoms with Crippen LogP contribution >= 0.6 is 11.3 Å². The van der Waals surface area contributed by atoms with Crippen molar-refractivity contribution in [3.63, 3.8) is 0 Å². The second kappa shape index (κ2) is 6.60. The van der Waals surface area contributed by atoms with E-state index in [0.717, 1.165) is 12.2 Å². The first-order valence-corrected chi connectivity index (χ1v) is 6.30. The molecule has 0 amide bonds. The average Bonchev–Trinajstić information content (AvgIpc) is 2.70. The summed E-state index contributed by atoms with van der Waals surface area (Å²) < 4.78 is 4.96. The maximum atomic E-state index is 11.4. The molecule has 0 saturated heterocycles. The minimum Gasteiger partial charge on any atom is -0.466 e. The molecule has 90 valence electrons. The molecule has 1 rings (SSSR count). The topological polar surface area (TPSA) is 42.4 Å². The normalized spacial score (nSPS) is 12.8. The largest absolute Gasteiger partial charge is 0.466 e. The van der Waals surface area contributed by atoms with Gasteiger partial charge in [-0.1, -0.05) is 6.92 Å². The fourth-order valence-electron chi connectivity index (χ4n) is 1.48. The van der Waals surface area contributed by atoms with Crippen LogP contribution in [0.1, 0.15) is 19.5 Å². The molecule has 0 aliphatic heterocycles. The molecule has 0 fully saturated rings. The maximum Gasteiger partial charge on any atom is 0.309 e. The lowest BCUT2D eigenvalue weighted by Crippen LogP contribution is -2.29. The molecule has 0 radical (unpaired) electrons. The number of nitrogens with zero attached hydrogens (tertiary/aromatic N) is 2. The molecule has 5 heteroatoms. The molecular weight excluding hydrogens is 224 g/mol. The third kappa shape index (κ3) is 4.28. The first-order valence-electron chi connectivity index (χ1n) is 5.35. The van der Waals surface area contributed by atoms with Crippen molar-refractivity contribution in [1.29, 1.82) is 0 Å². The summed E-state index contributed by atoms with van der Waals surface area (Å²) in [5.74, 6) is -0.226. The van der Waals surface area contributed by atoms with E-state index < -0.39 is 0 Å². The number of carbonyl (C=O) groups excluding carboxylic acids is 1. The van der Waals surface area contributed by atoms with Crippen molar-refractivity contribution in [2.45, 2.75) is 20.4 Å². The first-order chi connectivity index (χ1) is 7.63. The van der Waals surface area contributed by atoms with Crippen molar-refractivity contribution in [1.82, 2.24) is 9.88 Å². The van der Waals surface area contributed by atoms with Gasteiger partial charge in [0.1, 0.15) is 0 Å². The highest BCUT2D eigenvalue weighted by Gasteiger charge is 2.16. The van der Waals surface area contributed by atoms with Crippen LogP contribution in [-0.2, 0) is 16.1 Å². The van der Waals surface area contributed by atoms with E-state index in [1.807, 2.05) is 31.8 Å². The third-order valence-electron chi connectivity index (χ3n) is 2.19. The number of hydrogen-bond acceptors (Lipinski definition) is 5. The van der Waals surface area contributed by atoms with Crippen LogP contribution in [0.15, 0.2) is 10.9 Å². The molecule has 1 aromatic heterocycles. The highest BCUT2D eigenvalue weighted by Crippen LogP contribution is 2.07. The van der Waals surface area contributed by atoms with E-state index in [-0.39, 0.29) is 11.9 Å². The van der Waals surface area contributed by atoms with Crippen molar-refractivity contribution >= 4 is 17.3 Å². The summed E-state index contributed by atoms with van der Waals surface area (Å²) >= 11 is 1.59. The molecule has 0 aliphatic rings. The first kappa shape index (κ1) is 13.1. The SMILES string of the molecule is CCOC(=O)C(C)CN(C)Cc1cscn1. The fraction of sp³-hybridized carbons (Fsp3) is 0.636. The number of rotatable bonds is 6. The van der Waals surface area contributed by atoms with Gasteiger partial charge in [0.05, 0.1) is 23.7 Å². The van der Waals surface area contributed by atoms with Gasteiger partial charge < -0.3 is 4.74 Å². The molecule has 0 aromatic carbocycles. The summed E-state index contributed by atoms with van der Waals surface area (Å²) in [6.07, 6.45) is 0. The van der Waals surface area contributed by atoms with Crippen LogP contribution < -0.4 is 0 Å². The van der Waals surface area contributed by atoms with Gasteiger partial charge in [0.25, 0.3) is 0 Å². The lowest BCUT2D eigenvalue weighted by atomic mass is 10.2. The second-order valence-corrected chi connectivity index (χ2v) is 4.55. The average molecular weight is 242 g/mol. The Hall–Kier alpha value is -0.940. The van der Waals surface area contributed by atoms with E-state index in [1.165, 1.54) is 0 Å². The third-order valence-corrected chi connectivity index (χ3v) is 2.83. The van der Waals surface area contributed by atoms with Crippen LogP contribution in [-0.4, -0.2) is 36.1 Å². The number of esters is 1. The Bertz CT molecular complexity index is 314. The number of aromatic nitrogens is 1. The van der Waals surface area contributed by atoms with Gasteiger partial charge in [-0.3, -0.25) is 9.69 Å². The highest BCUT2D eigenvalue weighted by molar-refractivity contribution is 7.07. The van der Waals surface area contributed by atoms with Crippen LogP contribution in [0.4, 0.5) is 0 Å². The number of ether oxygens (including phenoxy) is 1. The Kier molecular flexibility index (Phi) is 5.42. The van der Waals surface area contributed by atoms with Gasteiger partial charge in [0.15, 0.2) is 0 Å². The zero-order chi connectivity index (χ0) is 12.0. The molecule has 1 unspecified atom stereocenters. The van der Waals surface area contributed by atoms with Crippen LogP contribution in [0.25, 0.3) is 0 Å². The van der Waals surface area contributed by atoms with Gasteiger partial charge in [-0.05, 0) is 14.0 Å². The van der Waals surface area contributed by atoms with Crippen LogP contribution in [0.3, 0.4) is 0 Å². The van der Waals surface area contributed by atoms with E-state index in [0.29, 0.717) is 13.2 Å². The minimum absolute atomic E-state index is 0.0939. The van der Waals surface area contributed by atoms with Crippen molar-refractivity contribution in [3.05, 3.63) is 16.6 Å². The predicted molar refractivity (Wildman–Crippen MR) is 64.2 cm³/mol. The standard InChI is InChI=1S/C11H18N2O2S/c1-4-15-11(14)9(2)5-13(3)6-10-7-16-8-12-10/h7-9H,4-6H2,1-3H3. The zero-order valence-electron chi connectivity index (χ0n) is 9.97. The number of carbonyl (C=O) groups is 1. The summed E-state index contributed by atoms with van der Waals surface area (Å²) in [7, 11) is 1.98. The lowest BCUT2D eigenvalue weighted by molar-refractivity contribution is -0.147. The Morgan fingerprint density at radius 3 is 3.00 bits per heavy atom. The van der Waals surface area contributed by atoms with Crippen molar-refractivity contribution in [2.75, 3.05) is 20.2 Å². The Balaban J connectivity index is 2.33. The molecular formula is C11H18N2O2S. The molecule has 16 heavy (non-hydrogen) atoms. The molecule has 0 saturated carbocycles. The molecule has 1 heterocycles. The second-order valence-electron chi connectivity index (χ2n) is 3.83. The quantitative estimate of drug-likeness (QED) is 0.713. The summed E-state index contributed by atoms with van der Waals surface area (Å²) in [4.78, 5) is 17.7. The van der Waals surface area contributed by atoms with E-state index in [1.54, 1.807) is 11.3 Å². The highest BCUT2D eigenvalue weighted by atomic mass is 32.1. The molecule has 1 atom stereocenters. The van der Waals surface area contributed by atoms with Gasteiger partial charge >= 0.3 is 5.97 Å². The van der Waals surface area contributed by atoms with Gasteiger partial charge in [-0.15, -0.1) is 11.3 Å². The summed E-state index contributed by atoms with van der Waals surface area (Å²) in [5, 5.41) is 2.02. The Morgan fingerprint density at radius 1 is 1.69 bits per heavy atom. The molecule has 4 nitrogen and oxygen atoms in total. The van der Waals surface area contributed by atoms with Crippen LogP contribution in [0.5, 0.6) is 0 Å². The fourth-order valence-corrected chi connectivity index (χ4v) is 2.03. The van der Waals surface area contributed by atoms with E-state index in [2.05, 4.69) is 9.88 Å². The van der Waals surface area contributed by atoms with Gasteiger partial charge in [0.2, 0.25) is 0 Å². The van der Waals surface area contributed by atoms with Crippen LogP contribution in [0, 0.1) is 5.92 Å². The maximum absolute atomic E-state index is 11.4. The lowest BCUT2D eigenvalue weighted by Gasteiger charge is -2.19. The Labute approximate surface area is 100 Å². The van der Waals surface area contributed by atoms with Gasteiger partial charge in [-0.25, -0.2) is 4.98 Å². The molecule has 0 spiro atoms. The van der Waals surface area contributed by atoms with Crippen molar-refractivity contribution < 1.29 is 9.53 Å². The molecule has 0 N–H and O–H groups in total. The molecule has 0 aliphatic carbocycles. The predicted octanol–water partition coefficient (Wildman–Crippen LogP) is 1.77. The smallest absolute Gasteiger partial charge is 0.309 e. The van der Waals surface area contributed by atoms with Gasteiger partial charge in [0, 0.05) is 18.5 Å². The summed E-state index contributed by atoms with van der Waals surface area (Å²) in [5.41, 5.74) is 2.86.